The Morgan fingerprint density at radius 1 is 0.839 bits per heavy atom. The maximum Gasteiger partial charge on any atom is 0.251 e. The third kappa shape index (κ3) is 5.63. The lowest BCUT2D eigenvalue weighted by Crippen LogP contribution is -2.37. The van der Waals surface area contributed by atoms with E-state index in [1.807, 2.05) is 54.6 Å². The maximum atomic E-state index is 12.5. The van der Waals surface area contributed by atoms with Crippen LogP contribution in [-0.2, 0) is 11.3 Å². The molecule has 0 spiro atoms. The highest BCUT2D eigenvalue weighted by Crippen LogP contribution is 2.28. The highest BCUT2D eigenvalue weighted by Gasteiger charge is 2.13. The molecular weight excluding hydrogens is 392 g/mol. The van der Waals surface area contributed by atoms with Gasteiger partial charge in [-0.1, -0.05) is 48.5 Å². The number of carbonyl (C=O) groups excluding carboxylic acids is 2. The number of ether oxygens (including phenoxy) is 2. The zero-order valence-electron chi connectivity index (χ0n) is 17.9. The van der Waals surface area contributed by atoms with Gasteiger partial charge in [-0.25, -0.2) is 0 Å². The Bertz CT molecular complexity index is 1030. The van der Waals surface area contributed by atoms with E-state index < -0.39 is 0 Å². The van der Waals surface area contributed by atoms with Gasteiger partial charge >= 0.3 is 0 Å². The summed E-state index contributed by atoms with van der Waals surface area (Å²) in [7, 11) is 4.84. The molecule has 0 atom stereocenters. The van der Waals surface area contributed by atoms with Gasteiger partial charge in [-0.15, -0.1) is 0 Å². The standard InChI is InChI=1S/C25H26N2O4/c1-27(17-18-9-14-22(30-2)23(15-18)31-3)24(28)16-26-25(29)21-12-10-20(11-13-21)19-7-5-4-6-8-19/h4-15H,16-17H2,1-3H3,(H,26,29). The summed E-state index contributed by atoms with van der Waals surface area (Å²) < 4.78 is 10.5. The average Bonchev–Trinajstić information content (AvgIpc) is 2.82. The molecule has 0 unspecified atom stereocenters. The summed E-state index contributed by atoms with van der Waals surface area (Å²) in [5.41, 5.74) is 3.52. The number of methoxy groups -OCH3 is 2. The second-order valence-electron chi connectivity index (χ2n) is 7.07. The largest absolute Gasteiger partial charge is 0.493 e. The summed E-state index contributed by atoms with van der Waals surface area (Å²) in [5.74, 6) is 0.760. The average molecular weight is 418 g/mol. The van der Waals surface area contributed by atoms with Crippen molar-refractivity contribution in [3.8, 4) is 22.6 Å². The van der Waals surface area contributed by atoms with Gasteiger partial charge in [0.15, 0.2) is 11.5 Å². The van der Waals surface area contributed by atoms with Gasteiger partial charge in [0.1, 0.15) is 0 Å². The number of likely N-dealkylation sites (N-methyl/N-ethyl adjacent to an activating group) is 1. The van der Waals surface area contributed by atoms with Crippen LogP contribution in [0, 0.1) is 0 Å². The smallest absolute Gasteiger partial charge is 0.251 e. The molecule has 0 radical (unpaired) electrons. The molecule has 0 fully saturated rings. The third-order valence-corrected chi connectivity index (χ3v) is 4.95. The number of hydrogen-bond acceptors (Lipinski definition) is 4. The number of nitrogens with one attached hydrogen (secondary N) is 1. The van der Waals surface area contributed by atoms with E-state index in [-0.39, 0.29) is 18.4 Å². The fourth-order valence-corrected chi connectivity index (χ4v) is 3.18. The van der Waals surface area contributed by atoms with Crippen molar-refractivity contribution in [2.75, 3.05) is 27.8 Å². The van der Waals surface area contributed by atoms with Crippen LogP contribution in [0.1, 0.15) is 15.9 Å². The molecule has 0 saturated carbocycles. The topological polar surface area (TPSA) is 67.9 Å². The molecule has 0 heterocycles. The number of carbonyl (C=O) groups is 2. The van der Waals surface area contributed by atoms with Crippen LogP contribution in [-0.4, -0.2) is 44.5 Å². The lowest BCUT2D eigenvalue weighted by Gasteiger charge is -2.18. The van der Waals surface area contributed by atoms with Crippen LogP contribution in [0.25, 0.3) is 11.1 Å². The van der Waals surface area contributed by atoms with Gasteiger partial charge in [-0.3, -0.25) is 9.59 Å². The predicted octanol–water partition coefficient (Wildman–Crippen LogP) is 3.76. The summed E-state index contributed by atoms with van der Waals surface area (Å²) in [4.78, 5) is 26.4. The zero-order chi connectivity index (χ0) is 22.2. The first-order valence-electron chi connectivity index (χ1n) is 9.90. The van der Waals surface area contributed by atoms with Crippen molar-refractivity contribution in [1.29, 1.82) is 0 Å². The van der Waals surface area contributed by atoms with Gasteiger partial charge in [0.2, 0.25) is 5.91 Å². The first-order valence-corrected chi connectivity index (χ1v) is 9.90. The van der Waals surface area contributed by atoms with Gasteiger partial charge in [0.25, 0.3) is 5.91 Å². The van der Waals surface area contributed by atoms with Gasteiger partial charge in [-0.05, 0) is 41.0 Å². The summed E-state index contributed by atoms with van der Waals surface area (Å²) in [6.45, 7) is 0.309. The Morgan fingerprint density at radius 3 is 2.13 bits per heavy atom. The Kier molecular flexibility index (Phi) is 7.27. The third-order valence-electron chi connectivity index (χ3n) is 4.95. The Morgan fingerprint density at radius 2 is 1.48 bits per heavy atom. The molecule has 0 saturated heterocycles. The van der Waals surface area contributed by atoms with Crippen LogP contribution in [0.3, 0.4) is 0 Å². The summed E-state index contributed by atoms with van der Waals surface area (Å²) in [6.07, 6.45) is 0. The van der Waals surface area contributed by atoms with Crippen LogP contribution < -0.4 is 14.8 Å². The van der Waals surface area contributed by atoms with E-state index in [4.69, 9.17) is 9.47 Å². The number of hydrogen-bond donors (Lipinski definition) is 1. The number of benzene rings is 3. The molecule has 0 aliphatic heterocycles. The van der Waals surface area contributed by atoms with Crippen molar-refractivity contribution in [3.05, 3.63) is 83.9 Å². The molecule has 6 nitrogen and oxygen atoms in total. The minimum absolute atomic E-state index is 0.0803. The van der Waals surface area contributed by atoms with Crippen molar-refractivity contribution in [2.45, 2.75) is 6.54 Å². The molecule has 3 aromatic carbocycles. The van der Waals surface area contributed by atoms with Gasteiger partial charge in [0.05, 0.1) is 20.8 Å². The lowest BCUT2D eigenvalue weighted by molar-refractivity contribution is -0.129. The van der Waals surface area contributed by atoms with Gasteiger partial charge < -0.3 is 19.7 Å². The number of amides is 2. The van der Waals surface area contributed by atoms with Crippen LogP contribution in [0.15, 0.2) is 72.8 Å². The minimum atomic E-state index is -0.285. The SMILES string of the molecule is COc1ccc(CN(C)C(=O)CNC(=O)c2ccc(-c3ccccc3)cc2)cc1OC. The molecule has 0 aromatic heterocycles. The normalized spacial score (nSPS) is 10.3. The molecule has 6 heteroatoms. The molecule has 0 bridgehead atoms. The van der Waals surface area contributed by atoms with E-state index in [2.05, 4.69) is 5.32 Å². The van der Waals surface area contributed by atoms with Crippen molar-refractivity contribution in [3.63, 3.8) is 0 Å². The molecule has 3 rings (SSSR count). The molecule has 0 aliphatic carbocycles. The molecule has 3 aromatic rings. The van der Waals surface area contributed by atoms with E-state index in [9.17, 15) is 9.59 Å². The predicted molar refractivity (Wildman–Crippen MR) is 120 cm³/mol. The van der Waals surface area contributed by atoms with E-state index in [1.54, 1.807) is 44.4 Å². The van der Waals surface area contributed by atoms with E-state index >= 15 is 0 Å². The van der Waals surface area contributed by atoms with Crippen molar-refractivity contribution in [2.24, 2.45) is 0 Å². The Balaban J connectivity index is 1.54. The molecule has 0 aliphatic rings. The second-order valence-corrected chi connectivity index (χ2v) is 7.07. The Hall–Kier alpha value is -3.80. The number of rotatable bonds is 8. The lowest BCUT2D eigenvalue weighted by atomic mass is 10.0. The van der Waals surface area contributed by atoms with Crippen molar-refractivity contribution >= 4 is 11.8 Å². The first kappa shape index (κ1) is 21.9. The zero-order valence-corrected chi connectivity index (χ0v) is 17.9. The monoisotopic (exact) mass is 418 g/mol. The van der Waals surface area contributed by atoms with Gasteiger partial charge in [0, 0.05) is 19.2 Å². The fourth-order valence-electron chi connectivity index (χ4n) is 3.18. The summed E-state index contributed by atoms with van der Waals surface area (Å²) in [6, 6.07) is 22.8. The molecular formula is C25H26N2O4. The maximum absolute atomic E-state index is 12.5. The van der Waals surface area contributed by atoms with E-state index in [1.165, 1.54) is 0 Å². The highest BCUT2D eigenvalue weighted by atomic mass is 16.5. The van der Waals surface area contributed by atoms with Crippen molar-refractivity contribution in [1.82, 2.24) is 10.2 Å². The van der Waals surface area contributed by atoms with Gasteiger partial charge in [-0.2, -0.15) is 0 Å². The summed E-state index contributed by atoms with van der Waals surface area (Å²) >= 11 is 0. The molecule has 1 N–H and O–H groups in total. The fraction of sp³-hybridized carbons (Fsp3) is 0.200. The first-order chi connectivity index (χ1) is 15.0. The van der Waals surface area contributed by atoms with Crippen molar-refractivity contribution < 1.29 is 19.1 Å². The quantitative estimate of drug-likeness (QED) is 0.605. The van der Waals surface area contributed by atoms with Crippen LogP contribution in [0.2, 0.25) is 0 Å². The molecule has 31 heavy (non-hydrogen) atoms. The minimum Gasteiger partial charge on any atom is -0.493 e. The highest BCUT2D eigenvalue weighted by molar-refractivity contribution is 5.96. The van der Waals surface area contributed by atoms with E-state index in [0.717, 1.165) is 16.7 Å². The second kappa shape index (κ2) is 10.3. The van der Waals surface area contributed by atoms with E-state index in [0.29, 0.717) is 23.6 Å². The molecule has 2 amide bonds. The summed E-state index contributed by atoms with van der Waals surface area (Å²) in [5, 5.41) is 2.69. The Labute approximate surface area is 182 Å². The van der Waals surface area contributed by atoms with Crippen LogP contribution in [0.4, 0.5) is 0 Å². The van der Waals surface area contributed by atoms with Crippen LogP contribution in [0.5, 0.6) is 11.5 Å². The number of nitrogens with zero attached hydrogens (tertiary/aromatic N) is 1. The molecule has 160 valence electrons. The van der Waals surface area contributed by atoms with Crippen LogP contribution >= 0.6 is 0 Å².